The number of hydrogen-bond acceptors (Lipinski definition) is 6. The van der Waals surface area contributed by atoms with Crippen LogP contribution in [0.4, 0.5) is 5.95 Å². The smallest absolute Gasteiger partial charge is 0.226 e. The topological polar surface area (TPSA) is 63.2 Å². The van der Waals surface area contributed by atoms with Crippen LogP contribution in [0, 0.1) is 0 Å². The van der Waals surface area contributed by atoms with E-state index < -0.39 is 15.2 Å². The van der Waals surface area contributed by atoms with Crippen LogP contribution in [0.25, 0.3) is 0 Å². The fourth-order valence-corrected chi connectivity index (χ4v) is 5.12. The molecule has 8 heteroatoms. The number of nitrogens with zero attached hydrogens (tertiary/aromatic N) is 3. The second-order valence-corrected chi connectivity index (χ2v) is 8.36. The van der Waals surface area contributed by atoms with Crippen molar-refractivity contribution in [1.29, 1.82) is 0 Å². The predicted octanol–water partition coefficient (Wildman–Crippen LogP) is 1.69. The van der Waals surface area contributed by atoms with Crippen LogP contribution in [-0.4, -0.2) is 47.6 Å². The maximum absolute atomic E-state index is 12.1. The zero-order valence-corrected chi connectivity index (χ0v) is 13.8. The molecule has 1 aromatic heterocycles. The van der Waals surface area contributed by atoms with E-state index in [2.05, 4.69) is 25.9 Å². The van der Waals surface area contributed by atoms with Gasteiger partial charge in [0.1, 0.15) is 5.37 Å². The summed E-state index contributed by atoms with van der Waals surface area (Å²) in [6, 6.07) is 0. The molecular weight excluding hydrogens is 350 g/mol. The number of rotatable bonds is 4. The third-order valence-corrected chi connectivity index (χ3v) is 6.94. The van der Waals surface area contributed by atoms with Crippen LogP contribution in [0.3, 0.4) is 0 Å². The molecule has 0 bridgehead atoms. The first-order valence-corrected chi connectivity index (χ1v) is 10.0. The zero-order chi connectivity index (χ0) is 13.9. The summed E-state index contributed by atoms with van der Waals surface area (Å²) in [6.45, 7) is 2.35. The van der Waals surface area contributed by atoms with Crippen molar-refractivity contribution in [2.24, 2.45) is 0 Å². The molecule has 2 rings (SSSR count). The normalized spacial score (nSPS) is 20.5. The van der Waals surface area contributed by atoms with Crippen molar-refractivity contribution in [2.75, 3.05) is 28.7 Å². The lowest BCUT2D eigenvalue weighted by Gasteiger charge is -2.34. The molecular formula is C11H16BrN3O2S2. The van der Waals surface area contributed by atoms with Gasteiger partial charge in [-0.15, -0.1) is 0 Å². The molecule has 0 aliphatic carbocycles. The summed E-state index contributed by atoms with van der Waals surface area (Å²) in [4.78, 5) is 10.4. The average Bonchev–Trinajstić information content (AvgIpc) is 2.47. The van der Waals surface area contributed by atoms with Crippen molar-refractivity contribution < 1.29 is 8.42 Å². The Hall–Kier alpha value is -0.340. The van der Waals surface area contributed by atoms with E-state index in [4.69, 9.17) is 0 Å². The van der Waals surface area contributed by atoms with E-state index in [0.717, 1.165) is 11.3 Å². The minimum atomic E-state index is -3.12. The van der Waals surface area contributed by atoms with Gasteiger partial charge in [0.25, 0.3) is 0 Å². The molecule has 1 aliphatic rings. The van der Waals surface area contributed by atoms with Crippen LogP contribution < -0.4 is 4.90 Å². The van der Waals surface area contributed by atoms with Crippen LogP contribution in [0.2, 0.25) is 0 Å². The summed E-state index contributed by atoms with van der Waals surface area (Å²) in [6.07, 6.45) is 3.46. The Labute approximate surface area is 126 Å². The number of thioether (sulfide) groups is 1. The first-order chi connectivity index (χ1) is 9.08. The Morgan fingerprint density at radius 3 is 2.74 bits per heavy atom. The third kappa shape index (κ3) is 3.41. The minimum Gasteiger partial charge on any atom is -0.322 e. The van der Waals surface area contributed by atoms with E-state index >= 15 is 0 Å². The molecule has 19 heavy (non-hydrogen) atoms. The van der Waals surface area contributed by atoms with Gasteiger partial charge in [0.2, 0.25) is 5.95 Å². The lowest BCUT2D eigenvalue weighted by molar-refractivity contribution is 0.577. The SMILES string of the molecule is CCS(=O)(=O)C1CSCCN1c1ncc(CBr)cn1. The van der Waals surface area contributed by atoms with Gasteiger partial charge in [-0.3, -0.25) is 0 Å². The van der Waals surface area contributed by atoms with Gasteiger partial charge in [-0.1, -0.05) is 22.9 Å². The highest BCUT2D eigenvalue weighted by Gasteiger charge is 2.34. The Bertz CT molecular complexity index is 521. The molecule has 0 saturated carbocycles. The van der Waals surface area contributed by atoms with Gasteiger partial charge in [0, 0.05) is 41.5 Å². The van der Waals surface area contributed by atoms with Gasteiger partial charge in [-0.2, -0.15) is 11.8 Å². The molecule has 1 atom stereocenters. The van der Waals surface area contributed by atoms with E-state index in [0.29, 0.717) is 23.6 Å². The molecule has 0 amide bonds. The van der Waals surface area contributed by atoms with E-state index in [1.807, 2.05) is 4.90 Å². The van der Waals surface area contributed by atoms with Crippen LogP contribution in [0.1, 0.15) is 12.5 Å². The van der Waals surface area contributed by atoms with Crippen molar-refractivity contribution in [1.82, 2.24) is 9.97 Å². The summed E-state index contributed by atoms with van der Waals surface area (Å²) >= 11 is 5.01. The van der Waals surface area contributed by atoms with E-state index in [1.165, 1.54) is 0 Å². The van der Waals surface area contributed by atoms with Gasteiger partial charge in [-0.05, 0) is 5.56 Å². The predicted molar refractivity (Wildman–Crippen MR) is 82.6 cm³/mol. The summed E-state index contributed by atoms with van der Waals surface area (Å²) in [5.41, 5.74) is 0.977. The molecule has 0 radical (unpaired) electrons. The second kappa shape index (κ2) is 6.41. The molecule has 0 N–H and O–H groups in total. The Balaban J connectivity index is 2.28. The molecule has 1 fully saturated rings. The van der Waals surface area contributed by atoms with Crippen molar-refractivity contribution in [2.45, 2.75) is 17.6 Å². The minimum absolute atomic E-state index is 0.147. The fourth-order valence-electron chi connectivity index (χ4n) is 1.87. The Morgan fingerprint density at radius 2 is 2.16 bits per heavy atom. The maximum atomic E-state index is 12.1. The lowest BCUT2D eigenvalue weighted by Crippen LogP contribution is -2.48. The monoisotopic (exact) mass is 365 g/mol. The second-order valence-electron chi connectivity index (χ2n) is 4.20. The van der Waals surface area contributed by atoms with E-state index in [1.54, 1.807) is 31.1 Å². The molecule has 1 saturated heterocycles. The van der Waals surface area contributed by atoms with Crippen molar-refractivity contribution in [3.8, 4) is 0 Å². The highest BCUT2D eigenvalue weighted by atomic mass is 79.9. The van der Waals surface area contributed by atoms with Gasteiger partial charge in [-0.25, -0.2) is 18.4 Å². The largest absolute Gasteiger partial charge is 0.322 e. The van der Waals surface area contributed by atoms with Crippen molar-refractivity contribution in [3.63, 3.8) is 0 Å². The van der Waals surface area contributed by atoms with Crippen LogP contribution in [-0.2, 0) is 15.2 Å². The summed E-state index contributed by atoms with van der Waals surface area (Å²) in [5, 5.41) is 0.186. The van der Waals surface area contributed by atoms with Gasteiger partial charge in [0.05, 0.1) is 0 Å². The van der Waals surface area contributed by atoms with E-state index in [-0.39, 0.29) is 5.75 Å². The number of aromatic nitrogens is 2. The molecule has 5 nitrogen and oxygen atoms in total. The molecule has 1 unspecified atom stereocenters. The number of anilines is 1. The summed E-state index contributed by atoms with van der Waals surface area (Å²) < 4.78 is 24.3. The number of hydrogen-bond donors (Lipinski definition) is 0. The average molecular weight is 366 g/mol. The molecule has 1 aromatic rings. The lowest BCUT2D eigenvalue weighted by atomic mass is 10.4. The van der Waals surface area contributed by atoms with Crippen LogP contribution in [0.15, 0.2) is 12.4 Å². The molecule has 106 valence electrons. The standard InChI is InChI=1S/C11H16BrN3O2S2/c1-2-19(16,17)10-8-18-4-3-15(10)11-13-6-9(5-12)7-14-11/h6-7,10H,2-5,8H2,1H3. The van der Waals surface area contributed by atoms with Crippen molar-refractivity contribution in [3.05, 3.63) is 18.0 Å². The van der Waals surface area contributed by atoms with Gasteiger partial charge < -0.3 is 4.90 Å². The first kappa shape index (κ1) is 15.1. The molecule has 0 aromatic carbocycles. The molecule has 2 heterocycles. The van der Waals surface area contributed by atoms with E-state index in [9.17, 15) is 8.42 Å². The van der Waals surface area contributed by atoms with Crippen LogP contribution in [0.5, 0.6) is 0 Å². The molecule has 0 spiro atoms. The number of alkyl halides is 1. The number of sulfone groups is 1. The van der Waals surface area contributed by atoms with Gasteiger partial charge >= 0.3 is 0 Å². The molecule has 1 aliphatic heterocycles. The Morgan fingerprint density at radius 1 is 1.47 bits per heavy atom. The van der Waals surface area contributed by atoms with Gasteiger partial charge in [0.15, 0.2) is 9.84 Å². The summed E-state index contributed by atoms with van der Waals surface area (Å²) in [5.74, 6) is 2.14. The fraction of sp³-hybridized carbons (Fsp3) is 0.636. The first-order valence-electron chi connectivity index (χ1n) is 6.01. The highest BCUT2D eigenvalue weighted by Crippen LogP contribution is 2.24. The summed E-state index contributed by atoms with van der Waals surface area (Å²) in [7, 11) is -3.12. The maximum Gasteiger partial charge on any atom is 0.226 e. The number of halogens is 1. The third-order valence-electron chi connectivity index (χ3n) is 3.00. The Kier molecular flexibility index (Phi) is 5.08. The van der Waals surface area contributed by atoms with Crippen LogP contribution >= 0.6 is 27.7 Å². The quantitative estimate of drug-likeness (QED) is 0.756. The zero-order valence-electron chi connectivity index (χ0n) is 10.6. The highest BCUT2D eigenvalue weighted by molar-refractivity contribution is 9.08. The van der Waals surface area contributed by atoms with Crippen molar-refractivity contribution >= 4 is 43.5 Å².